The number of piperidine rings is 1. The number of hydrogen-bond donors (Lipinski definition) is 0. The number of ether oxygens (including phenoxy) is 1. The van der Waals surface area contributed by atoms with Crippen molar-refractivity contribution in [2.24, 2.45) is 0 Å². The SMILES string of the molecule is CCC1OC2(CCN(CCc3ccccc3F)CC2)CN(CC)C1=O. The third kappa shape index (κ3) is 4.04. The van der Waals surface area contributed by atoms with E-state index < -0.39 is 0 Å². The molecule has 1 unspecified atom stereocenters. The lowest BCUT2D eigenvalue weighted by atomic mass is 9.88. The van der Waals surface area contributed by atoms with Gasteiger partial charge in [-0.2, -0.15) is 0 Å². The molecule has 2 heterocycles. The quantitative estimate of drug-likeness (QED) is 0.820. The summed E-state index contributed by atoms with van der Waals surface area (Å²) in [5.41, 5.74) is 0.588. The maximum atomic E-state index is 13.8. The number of hydrogen-bond acceptors (Lipinski definition) is 3. The smallest absolute Gasteiger partial charge is 0.251 e. The number of halogens is 1. The van der Waals surface area contributed by atoms with Crippen LogP contribution in [0.3, 0.4) is 0 Å². The first-order valence-corrected chi connectivity index (χ1v) is 9.49. The minimum Gasteiger partial charge on any atom is -0.360 e. The molecule has 1 spiro atoms. The van der Waals surface area contributed by atoms with Crippen molar-refractivity contribution < 1.29 is 13.9 Å². The molecule has 4 nitrogen and oxygen atoms in total. The fourth-order valence-corrected chi connectivity index (χ4v) is 3.98. The number of carbonyl (C=O) groups is 1. The van der Waals surface area contributed by atoms with E-state index in [2.05, 4.69) is 4.90 Å². The topological polar surface area (TPSA) is 32.8 Å². The largest absolute Gasteiger partial charge is 0.360 e. The molecule has 0 radical (unpaired) electrons. The predicted molar refractivity (Wildman–Crippen MR) is 95.9 cm³/mol. The molecule has 2 fully saturated rings. The van der Waals surface area contributed by atoms with Crippen molar-refractivity contribution in [1.82, 2.24) is 9.80 Å². The second kappa shape index (κ2) is 7.83. The number of rotatable bonds is 5. The van der Waals surface area contributed by atoms with E-state index in [1.165, 1.54) is 6.07 Å². The molecule has 2 aliphatic rings. The Balaban J connectivity index is 1.56. The normalized spacial score (nSPS) is 24.0. The zero-order chi connectivity index (χ0) is 17.9. The number of likely N-dealkylation sites (N-methyl/N-ethyl adjacent to an activating group) is 1. The maximum absolute atomic E-state index is 13.8. The van der Waals surface area contributed by atoms with Gasteiger partial charge in [0.2, 0.25) is 0 Å². The van der Waals surface area contributed by atoms with Gasteiger partial charge in [0.25, 0.3) is 5.91 Å². The van der Waals surface area contributed by atoms with Gasteiger partial charge in [0, 0.05) is 32.7 Å². The van der Waals surface area contributed by atoms with Crippen LogP contribution in [-0.4, -0.2) is 60.1 Å². The van der Waals surface area contributed by atoms with E-state index in [0.29, 0.717) is 6.54 Å². The van der Waals surface area contributed by atoms with Gasteiger partial charge in [0.05, 0.1) is 5.60 Å². The molecule has 1 atom stereocenters. The van der Waals surface area contributed by atoms with Gasteiger partial charge >= 0.3 is 0 Å². The highest BCUT2D eigenvalue weighted by atomic mass is 19.1. The van der Waals surface area contributed by atoms with Crippen LogP contribution in [-0.2, 0) is 16.0 Å². The molecule has 1 aromatic carbocycles. The van der Waals surface area contributed by atoms with Gasteiger partial charge in [-0.15, -0.1) is 0 Å². The second-order valence-corrected chi connectivity index (χ2v) is 7.23. The number of nitrogens with zero attached hydrogens (tertiary/aromatic N) is 2. The van der Waals surface area contributed by atoms with Crippen LogP contribution in [0.25, 0.3) is 0 Å². The fraction of sp³-hybridized carbons (Fsp3) is 0.650. The molecule has 0 aliphatic carbocycles. The first-order chi connectivity index (χ1) is 12.1. The molecule has 1 aromatic rings. The van der Waals surface area contributed by atoms with E-state index in [1.807, 2.05) is 30.9 Å². The Kier molecular flexibility index (Phi) is 5.74. The first kappa shape index (κ1) is 18.3. The molecule has 0 saturated carbocycles. The minimum absolute atomic E-state index is 0.116. The molecule has 3 rings (SSSR count). The van der Waals surface area contributed by atoms with E-state index in [1.54, 1.807) is 6.07 Å². The zero-order valence-corrected chi connectivity index (χ0v) is 15.3. The third-order valence-corrected chi connectivity index (χ3v) is 5.63. The molecule has 2 saturated heterocycles. The van der Waals surface area contributed by atoms with Gasteiger partial charge in [-0.1, -0.05) is 25.1 Å². The molecule has 138 valence electrons. The van der Waals surface area contributed by atoms with Crippen molar-refractivity contribution in [3.63, 3.8) is 0 Å². The van der Waals surface area contributed by atoms with Crippen LogP contribution in [0.4, 0.5) is 4.39 Å². The van der Waals surface area contributed by atoms with Crippen molar-refractivity contribution >= 4 is 5.91 Å². The number of benzene rings is 1. The molecule has 5 heteroatoms. The fourth-order valence-electron chi connectivity index (χ4n) is 3.98. The van der Waals surface area contributed by atoms with Crippen LogP contribution in [0, 0.1) is 5.82 Å². The molecule has 2 aliphatic heterocycles. The average Bonchev–Trinajstić information content (AvgIpc) is 2.64. The Morgan fingerprint density at radius 3 is 2.60 bits per heavy atom. The highest BCUT2D eigenvalue weighted by Crippen LogP contribution is 2.33. The van der Waals surface area contributed by atoms with Crippen molar-refractivity contribution in [3.05, 3.63) is 35.6 Å². The zero-order valence-electron chi connectivity index (χ0n) is 15.3. The van der Waals surface area contributed by atoms with Crippen molar-refractivity contribution in [2.75, 3.05) is 32.7 Å². The van der Waals surface area contributed by atoms with Crippen LogP contribution in [0.2, 0.25) is 0 Å². The summed E-state index contributed by atoms with van der Waals surface area (Å²) in [6.07, 6.45) is 3.04. The lowest BCUT2D eigenvalue weighted by Gasteiger charge is -2.49. The van der Waals surface area contributed by atoms with Crippen LogP contribution in [0.5, 0.6) is 0 Å². The molecular formula is C20H29FN2O2. The molecule has 25 heavy (non-hydrogen) atoms. The molecule has 0 bridgehead atoms. The van der Waals surface area contributed by atoms with Gasteiger partial charge in [-0.3, -0.25) is 4.79 Å². The second-order valence-electron chi connectivity index (χ2n) is 7.23. The summed E-state index contributed by atoms with van der Waals surface area (Å²) in [6, 6.07) is 7.01. The van der Waals surface area contributed by atoms with E-state index in [9.17, 15) is 9.18 Å². The summed E-state index contributed by atoms with van der Waals surface area (Å²) in [5, 5.41) is 0. The predicted octanol–water partition coefficient (Wildman–Crippen LogP) is 2.86. The monoisotopic (exact) mass is 348 g/mol. The molecule has 0 aromatic heterocycles. The van der Waals surface area contributed by atoms with Gasteiger partial charge in [0.15, 0.2) is 0 Å². The number of morpholine rings is 1. The van der Waals surface area contributed by atoms with E-state index in [4.69, 9.17) is 4.74 Å². The van der Waals surface area contributed by atoms with Crippen molar-refractivity contribution in [3.8, 4) is 0 Å². The molecular weight excluding hydrogens is 319 g/mol. The summed E-state index contributed by atoms with van der Waals surface area (Å²) >= 11 is 0. The summed E-state index contributed by atoms with van der Waals surface area (Å²) in [6.45, 7) is 8.25. The average molecular weight is 348 g/mol. The lowest BCUT2D eigenvalue weighted by Crippen LogP contribution is -2.61. The van der Waals surface area contributed by atoms with Crippen molar-refractivity contribution in [2.45, 2.75) is 51.2 Å². The van der Waals surface area contributed by atoms with Gasteiger partial charge in [-0.05, 0) is 44.2 Å². The van der Waals surface area contributed by atoms with E-state index in [-0.39, 0.29) is 23.4 Å². The van der Waals surface area contributed by atoms with Crippen LogP contribution in [0.1, 0.15) is 38.7 Å². The summed E-state index contributed by atoms with van der Waals surface area (Å²) in [4.78, 5) is 16.7. The highest BCUT2D eigenvalue weighted by molar-refractivity contribution is 5.81. The lowest BCUT2D eigenvalue weighted by molar-refractivity contribution is -0.192. The summed E-state index contributed by atoms with van der Waals surface area (Å²) in [5.74, 6) is 0.0205. The van der Waals surface area contributed by atoms with E-state index in [0.717, 1.165) is 57.4 Å². The highest BCUT2D eigenvalue weighted by Gasteiger charge is 2.45. The van der Waals surface area contributed by atoms with Crippen LogP contribution in [0.15, 0.2) is 24.3 Å². The number of amides is 1. The van der Waals surface area contributed by atoms with E-state index >= 15 is 0 Å². The summed E-state index contributed by atoms with van der Waals surface area (Å²) < 4.78 is 20.0. The first-order valence-electron chi connectivity index (χ1n) is 9.49. The Labute approximate surface area is 149 Å². The van der Waals surface area contributed by atoms with Gasteiger partial charge < -0.3 is 14.5 Å². The van der Waals surface area contributed by atoms with Crippen LogP contribution >= 0.6 is 0 Å². The Hall–Kier alpha value is -1.46. The minimum atomic E-state index is -0.293. The van der Waals surface area contributed by atoms with Crippen LogP contribution < -0.4 is 0 Å². The summed E-state index contributed by atoms with van der Waals surface area (Å²) in [7, 11) is 0. The van der Waals surface area contributed by atoms with Gasteiger partial charge in [0.1, 0.15) is 11.9 Å². The van der Waals surface area contributed by atoms with Crippen molar-refractivity contribution in [1.29, 1.82) is 0 Å². The number of carbonyl (C=O) groups excluding carboxylic acids is 1. The third-order valence-electron chi connectivity index (χ3n) is 5.63. The standard InChI is InChI=1S/C20H29FN2O2/c1-3-18-19(24)23(4-2)15-20(25-18)10-13-22(14-11-20)12-9-16-7-5-6-8-17(16)21/h5-8,18H,3-4,9-15H2,1-2H3. The Morgan fingerprint density at radius 2 is 1.96 bits per heavy atom. The molecule has 0 N–H and O–H groups in total. The Bertz CT molecular complexity index is 581. The number of likely N-dealkylation sites (tertiary alicyclic amines) is 1. The van der Waals surface area contributed by atoms with Gasteiger partial charge in [-0.25, -0.2) is 4.39 Å². The Morgan fingerprint density at radius 1 is 1.24 bits per heavy atom. The maximum Gasteiger partial charge on any atom is 0.251 e. The molecule has 1 amide bonds.